The molecule has 2 aromatic rings. The molecule has 6 nitrogen and oxygen atoms in total. The number of fused-ring (bicyclic) bond motifs is 4. The van der Waals surface area contributed by atoms with E-state index in [2.05, 4.69) is 9.88 Å². The summed E-state index contributed by atoms with van der Waals surface area (Å²) >= 11 is 0. The minimum Gasteiger partial charge on any atom is -0.368 e. The summed E-state index contributed by atoms with van der Waals surface area (Å²) in [4.78, 5) is 27.1. The van der Waals surface area contributed by atoms with Crippen LogP contribution < -0.4 is 0 Å². The van der Waals surface area contributed by atoms with Crippen LogP contribution >= 0.6 is 0 Å². The van der Waals surface area contributed by atoms with E-state index in [0.29, 0.717) is 19.2 Å². The van der Waals surface area contributed by atoms with Crippen LogP contribution in [0.4, 0.5) is 0 Å². The highest BCUT2D eigenvalue weighted by Gasteiger charge is 2.44. The van der Waals surface area contributed by atoms with Crippen molar-refractivity contribution >= 4 is 5.91 Å². The summed E-state index contributed by atoms with van der Waals surface area (Å²) in [5.41, 5.74) is 2.87. The van der Waals surface area contributed by atoms with Crippen LogP contribution in [-0.2, 0) is 21.6 Å². The van der Waals surface area contributed by atoms with Crippen LogP contribution in [-0.4, -0.2) is 64.5 Å². The number of carbonyl (C=O) groups excluding carboxylic acids is 1. The van der Waals surface area contributed by atoms with E-state index in [9.17, 15) is 4.79 Å². The number of ether oxygens (including phenoxy) is 1. The molecule has 1 saturated carbocycles. The number of hydrogen-bond donors (Lipinski definition) is 0. The predicted molar refractivity (Wildman–Crippen MR) is 117 cm³/mol. The Labute approximate surface area is 183 Å². The molecule has 4 aliphatic rings. The molecule has 0 radical (unpaired) electrons. The molecule has 1 aliphatic carbocycles. The fourth-order valence-electron chi connectivity index (χ4n) is 6.13. The molecule has 162 valence electrons. The van der Waals surface area contributed by atoms with Crippen LogP contribution in [0.2, 0.25) is 0 Å². The van der Waals surface area contributed by atoms with Crippen molar-refractivity contribution in [1.82, 2.24) is 19.8 Å². The molecule has 0 N–H and O–H groups in total. The molecule has 6 heteroatoms. The van der Waals surface area contributed by atoms with Crippen LogP contribution in [0.25, 0.3) is 11.4 Å². The predicted octanol–water partition coefficient (Wildman–Crippen LogP) is 3.02. The highest BCUT2D eigenvalue weighted by atomic mass is 16.5. The van der Waals surface area contributed by atoms with Gasteiger partial charge in [0, 0.05) is 37.4 Å². The van der Waals surface area contributed by atoms with Gasteiger partial charge in [-0.1, -0.05) is 30.3 Å². The molecule has 1 aromatic heterocycles. The van der Waals surface area contributed by atoms with E-state index in [-0.39, 0.29) is 11.5 Å². The molecule has 2 saturated heterocycles. The lowest BCUT2D eigenvalue weighted by Gasteiger charge is -2.44. The van der Waals surface area contributed by atoms with Crippen molar-refractivity contribution in [1.29, 1.82) is 0 Å². The topological polar surface area (TPSA) is 58.6 Å². The van der Waals surface area contributed by atoms with E-state index in [0.717, 1.165) is 61.9 Å². The monoisotopic (exact) mass is 418 g/mol. The summed E-state index contributed by atoms with van der Waals surface area (Å²) < 4.78 is 6.39. The van der Waals surface area contributed by atoms with Gasteiger partial charge in [-0.15, -0.1) is 0 Å². The standard InChI is InChI=1S/C25H30N4O2/c30-22(17-29-16-18-6-7-21(29)14-18)28-11-9-25(10-12-28)23-20(8-13-31-25)15-26-24(27-23)19-4-2-1-3-5-19/h1-5,15,18,21H,6-14,16-17H2/t18-,21+/m1/s1. The zero-order valence-corrected chi connectivity index (χ0v) is 18.0. The number of piperidine rings is 2. The van der Waals surface area contributed by atoms with Crippen LogP contribution in [0.1, 0.15) is 43.4 Å². The van der Waals surface area contributed by atoms with Gasteiger partial charge in [0.05, 0.1) is 18.8 Å². The smallest absolute Gasteiger partial charge is 0.236 e. The first-order valence-electron chi connectivity index (χ1n) is 11.8. The summed E-state index contributed by atoms with van der Waals surface area (Å²) in [6.07, 6.45) is 8.37. The first-order valence-corrected chi connectivity index (χ1v) is 11.8. The first-order chi connectivity index (χ1) is 15.2. The quantitative estimate of drug-likeness (QED) is 0.767. The molecular formula is C25H30N4O2. The Kier molecular flexibility index (Phi) is 4.80. The summed E-state index contributed by atoms with van der Waals surface area (Å²) in [6.45, 7) is 3.89. The number of amides is 1. The third kappa shape index (κ3) is 3.46. The molecule has 1 spiro atoms. The Morgan fingerprint density at radius 3 is 2.74 bits per heavy atom. The average Bonchev–Trinajstić information content (AvgIpc) is 3.44. The van der Waals surface area contributed by atoms with E-state index in [1.54, 1.807) is 0 Å². The molecule has 0 unspecified atom stereocenters. The Bertz CT molecular complexity index is 971. The lowest BCUT2D eigenvalue weighted by Crippen LogP contribution is -2.51. The second-order valence-electron chi connectivity index (χ2n) is 9.67. The fraction of sp³-hybridized carbons (Fsp3) is 0.560. The third-order valence-corrected chi connectivity index (χ3v) is 7.86. The Balaban J connectivity index is 1.18. The van der Waals surface area contributed by atoms with Gasteiger partial charge in [0.15, 0.2) is 5.82 Å². The van der Waals surface area contributed by atoms with E-state index >= 15 is 0 Å². The number of benzene rings is 1. The summed E-state index contributed by atoms with van der Waals surface area (Å²) in [5.74, 6) is 1.87. The second kappa shape index (κ2) is 7.68. The largest absolute Gasteiger partial charge is 0.368 e. The van der Waals surface area contributed by atoms with Crippen molar-refractivity contribution in [2.75, 3.05) is 32.8 Å². The highest BCUT2D eigenvalue weighted by Crippen LogP contribution is 2.41. The fourth-order valence-corrected chi connectivity index (χ4v) is 6.13. The molecule has 3 aliphatic heterocycles. The number of carbonyl (C=O) groups is 1. The maximum Gasteiger partial charge on any atom is 0.236 e. The van der Waals surface area contributed by atoms with Crippen molar-refractivity contribution in [3.63, 3.8) is 0 Å². The second-order valence-corrected chi connectivity index (χ2v) is 9.67. The maximum absolute atomic E-state index is 13.0. The van der Waals surface area contributed by atoms with Gasteiger partial charge in [-0.3, -0.25) is 9.69 Å². The van der Waals surface area contributed by atoms with Gasteiger partial charge >= 0.3 is 0 Å². The Hall–Kier alpha value is -2.31. The van der Waals surface area contributed by atoms with Crippen molar-refractivity contribution in [2.45, 2.75) is 50.2 Å². The molecular weight excluding hydrogens is 388 g/mol. The van der Waals surface area contributed by atoms with E-state index < -0.39 is 0 Å². The summed E-state index contributed by atoms with van der Waals surface area (Å²) in [5, 5.41) is 0. The van der Waals surface area contributed by atoms with Gasteiger partial charge in [0.25, 0.3) is 0 Å². The van der Waals surface area contributed by atoms with Gasteiger partial charge in [-0.25, -0.2) is 9.97 Å². The van der Waals surface area contributed by atoms with Crippen molar-refractivity contribution < 1.29 is 9.53 Å². The highest BCUT2D eigenvalue weighted by molar-refractivity contribution is 5.78. The lowest BCUT2D eigenvalue weighted by atomic mass is 9.83. The van der Waals surface area contributed by atoms with Crippen molar-refractivity contribution in [3.05, 3.63) is 47.8 Å². The minimum atomic E-state index is -0.385. The number of hydrogen-bond acceptors (Lipinski definition) is 5. The molecule has 2 bridgehead atoms. The van der Waals surface area contributed by atoms with Gasteiger partial charge < -0.3 is 9.64 Å². The first kappa shape index (κ1) is 19.4. The molecule has 4 heterocycles. The average molecular weight is 419 g/mol. The molecule has 2 atom stereocenters. The van der Waals surface area contributed by atoms with Gasteiger partial charge in [0.1, 0.15) is 5.60 Å². The summed E-state index contributed by atoms with van der Waals surface area (Å²) in [6, 6.07) is 10.8. The van der Waals surface area contributed by atoms with Crippen LogP contribution in [0.15, 0.2) is 36.5 Å². The van der Waals surface area contributed by atoms with E-state index in [1.807, 2.05) is 41.4 Å². The minimum absolute atomic E-state index is 0.283. The maximum atomic E-state index is 13.0. The SMILES string of the molecule is O=C(CN1C[C@@H]2CC[C@H]1C2)N1CCC2(CC1)OCCc1cnc(-c3ccccc3)nc12. The Morgan fingerprint density at radius 1 is 1.16 bits per heavy atom. The number of likely N-dealkylation sites (tertiary alicyclic amines) is 2. The van der Waals surface area contributed by atoms with Crippen LogP contribution in [0, 0.1) is 5.92 Å². The van der Waals surface area contributed by atoms with Crippen molar-refractivity contribution in [3.8, 4) is 11.4 Å². The van der Waals surface area contributed by atoms with Gasteiger partial charge in [-0.05, 0) is 50.0 Å². The normalized spacial score (nSPS) is 26.9. The van der Waals surface area contributed by atoms with Crippen molar-refractivity contribution in [2.24, 2.45) is 5.92 Å². The molecule has 1 amide bonds. The third-order valence-electron chi connectivity index (χ3n) is 7.86. The molecule has 3 fully saturated rings. The lowest BCUT2D eigenvalue weighted by molar-refractivity contribution is -0.142. The van der Waals surface area contributed by atoms with E-state index in [1.165, 1.54) is 24.8 Å². The Morgan fingerprint density at radius 2 is 2.00 bits per heavy atom. The van der Waals surface area contributed by atoms with Gasteiger partial charge in [-0.2, -0.15) is 0 Å². The zero-order chi connectivity index (χ0) is 20.8. The molecule has 6 rings (SSSR count). The van der Waals surface area contributed by atoms with Gasteiger partial charge in [0.2, 0.25) is 5.91 Å². The van der Waals surface area contributed by atoms with E-state index in [4.69, 9.17) is 9.72 Å². The molecule has 31 heavy (non-hydrogen) atoms. The molecule has 1 aromatic carbocycles. The number of aromatic nitrogens is 2. The number of nitrogens with zero attached hydrogens (tertiary/aromatic N) is 4. The van der Waals surface area contributed by atoms with Crippen LogP contribution in [0.5, 0.6) is 0 Å². The zero-order valence-electron chi connectivity index (χ0n) is 18.0. The number of rotatable bonds is 3. The van der Waals surface area contributed by atoms with Crippen LogP contribution in [0.3, 0.4) is 0 Å². The summed E-state index contributed by atoms with van der Waals surface area (Å²) in [7, 11) is 0.